The van der Waals surface area contributed by atoms with Crippen LogP contribution in [0.25, 0.3) is 0 Å². The van der Waals surface area contributed by atoms with Crippen LogP contribution in [0.4, 0.5) is 0 Å². The van der Waals surface area contributed by atoms with E-state index >= 15 is 0 Å². The normalized spacial score (nSPS) is 21.8. The molecular weight excluding hydrogens is 264 g/mol. The minimum atomic E-state index is -2.94. The Labute approximate surface area is 117 Å². The highest BCUT2D eigenvalue weighted by molar-refractivity contribution is 7.90. The summed E-state index contributed by atoms with van der Waals surface area (Å²) in [6.07, 6.45) is 8.06. The molecule has 0 saturated heterocycles. The van der Waals surface area contributed by atoms with E-state index in [0.29, 0.717) is 19.4 Å². The summed E-state index contributed by atoms with van der Waals surface area (Å²) in [5.41, 5.74) is -0.442. The van der Waals surface area contributed by atoms with Crippen molar-refractivity contribution in [3.63, 3.8) is 0 Å². The van der Waals surface area contributed by atoms with Gasteiger partial charge in [-0.1, -0.05) is 25.7 Å². The molecule has 0 bridgehead atoms. The van der Waals surface area contributed by atoms with Crippen LogP contribution in [0.3, 0.4) is 0 Å². The highest BCUT2D eigenvalue weighted by atomic mass is 32.2. The molecular formula is C14H28O4S. The summed E-state index contributed by atoms with van der Waals surface area (Å²) in [5, 5.41) is 10.5. The van der Waals surface area contributed by atoms with Gasteiger partial charge in [0.05, 0.1) is 11.7 Å². The molecule has 0 aromatic rings. The van der Waals surface area contributed by atoms with Crippen molar-refractivity contribution in [1.29, 1.82) is 0 Å². The first-order chi connectivity index (χ1) is 8.90. The molecule has 5 heteroatoms. The van der Waals surface area contributed by atoms with Crippen molar-refractivity contribution in [1.82, 2.24) is 0 Å². The second kappa shape index (κ2) is 7.60. The molecule has 1 fully saturated rings. The molecule has 0 heterocycles. The molecule has 1 aliphatic rings. The molecule has 0 aromatic carbocycles. The minimum absolute atomic E-state index is 0.145. The topological polar surface area (TPSA) is 63.6 Å². The van der Waals surface area contributed by atoms with Gasteiger partial charge in [0.1, 0.15) is 9.84 Å². The third-order valence-electron chi connectivity index (χ3n) is 3.98. The van der Waals surface area contributed by atoms with Crippen LogP contribution in [-0.4, -0.2) is 43.8 Å². The molecule has 1 atom stereocenters. The number of aliphatic hydroxyl groups is 1. The molecule has 1 aliphatic carbocycles. The van der Waals surface area contributed by atoms with Gasteiger partial charge in [0.2, 0.25) is 0 Å². The Balaban J connectivity index is 2.58. The fraction of sp³-hybridized carbons (Fsp3) is 1.00. The van der Waals surface area contributed by atoms with Gasteiger partial charge >= 0.3 is 0 Å². The third-order valence-corrected chi connectivity index (χ3v) is 5.01. The molecule has 1 saturated carbocycles. The predicted octanol–water partition coefficient (Wildman–Crippen LogP) is 2.30. The first-order valence-corrected chi connectivity index (χ1v) is 9.45. The summed E-state index contributed by atoms with van der Waals surface area (Å²) >= 11 is 0. The van der Waals surface area contributed by atoms with Gasteiger partial charge in [0.15, 0.2) is 0 Å². The summed E-state index contributed by atoms with van der Waals surface area (Å²) in [4.78, 5) is 0. The van der Waals surface area contributed by atoms with Crippen molar-refractivity contribution in [3.05, 3.63) is 0 Å². The maximum absolute atomic E-state index is 11.1. The summed E-state index contributed by atoms with van der Waals surface area (Å²) in [6, 6.07) is 0. The zero-order chi connectivity index (χ0) is 14.4. The van der Waals surface area contributed by atoms with Crippen molar-refractivity contribution >= 4 is 9.84 Å². The number of sulfone groups is 1. The van der Waals surface area contributed by atoms with E-state index in [2.05, 4.69) is 0 Å². The van der Waals surface area contributed by atoms with E-state index in [0.717, 1.165) is 25.7 Å². The molecule has 19 heavy (non-hydrogen) atoms. The predicted molar refractivity (Wildman–Crippen MR) is 77.0 cm³/mol. The van der Waals surface area contributed by atoms with Crippen LogP contribution in [0.5, 0.6) is 0 Å². The minimum Gasteiger partial charge on any atom is -0.390 e. The van der Waals surface area contributed by atoms with Crippen LogP contribution in [0, 0.1) is 0 Å². The summed E-state index contributed by atoms with van der Waals surface area (Å²) < 4.78 is 28.2. The van der Waals surface area contributed by atoms with Gasteiger partial charge in [-0.05, 0) is 32.6 Å². The number of aliphatic hydroxyl groups excluding tert-OH is 1. The van der Waals surface area contributed by atoms with Gasteiger partial charge in [0, 0.05) is 18.6 Å². The van der Waals surface area contributed by atoms with Gasteiger partial charge in [-0.2, -0.15) is 0 Å². The molecule has 0 aliphatic heterocycles. The van der Waals surface area contributed by atoms with Crippen LogP contribution in [0.1, 0.15) is 58.3 Å². The van der Waals surface area contributed by atoms with Crippen LogP contribution in [0.15, 0.2) is 0 Å². The standard InChI is InChI=1S/C14H28O4S/c1-3-18-14(10-6-4-5-7-11-14)13(15)9-8-12-19(2,16)17/h13,15H,3-12H2,1-2H3. The number of hydrogen-bond donors (Lipinski definition) is 1. The van der Waals surface area contributed by atoms with E-state index in [9.17, 15) is 13.5 Å². The van der Waals surface area contributed by atoms with Crippen LogP contribution in [0.2, 0.25) is 0 Å². The fourth-order valence-corrected chi connectivity index (χ4v) is 3.68. The molecule has 114 valence electrons. The largest absolute Gasteiger partial charge is 0.390 e. The van der Waals surface area contributed by atoms with E-state index in [-0.39, 0.29) is 5.75 Å². The maximum atomic E-state index is 11.1. The number of hydrogen-bond acceptors (Lipinski definition) is 4. The van der Waals surface area contributed by atoms with Crippen LogP contribution >= 0.6 is 0 Å². The lowest BCUT2D eigenvalue weighted by Gasteiger charge is -2.37. The van der Waals surface area contributed by atoms with E-state index in [1.54, 1.807) is 0 Å². The average Bonchev–Trinajstić information content (AvgIpc) is 2.54. The van der Waals surface area contributed by atoms with E-state index in [1.165, 1.54) is 19.1 Å². The zero-order valence-electron chi connectivity index (χ0n) is 12.2. The summed E-state index contributed by atoms with van der Waals surface area (Å²) in [6.45, 7) is 2.55. The monoisotopic (exact) mass is 292 g/mol. The summed E-state index contributed by atoms with van der Waals surface area (Å²) in [7, 11) is -2.94. The molecule has 4 nitrogen and oxygen atoms in total. The smallest absolute Gasteiger partial charge is 0.147 e. The molecule has 1 N–H and O–H groups in total. The molecule has 0 aromatic heterocycles. The lowest BCUT2D eigenvalue weighted by molar-refractivity contribution is -0.131. The highest BCUT2D eigenvalue weighted by Gasteiger charge is 2.38. The van der Waals surface area contributed by atoms with E-state index in [4.69, 9.17) is 4.74 Å². The Kier molecular flexibility index (Phi) is 6.77. The first-order valence-electron chi connectivity index (χ1n) is 7.39. The average molecular weight is 292 g/mol. The van der Waals surface area contributed by atoms with Crippen LogP contribution in [-0.2, 0) is 14.6 Å². The lowest BCUT2D eigenvalue weighted by atomic mass is 9.85. The number of rotatable bonds is 7. The highest BCUT2D eigenvalue weighted by Crippen LogP contribution is 2.35. The second-order valence-electron chi connectivity index (χ2n) is 5.70. The molecule has 1 unspecified atom stereocenters. The van der Waals surface area contributed by atoms with E-state index < -0.39 is 21.5 Å². The van der Waals surface area contributed by atoms with Crippen molar-refractivity contribution in [3.8, 4) is 0 Å². The fourth-order valence-electron chi connectivity index (χ4n) is 2.99. The Morgan fingerprint density at radius 3 is 2.26 bits per heavy atom. The Bertz CT molecular complexity index is 342. The molecule has 0 radical (unpaired) electrons. The van der Waals surface area contributed by atoms with Gasteiger partial charge in [-0.15, -0.1) is 0 Å². The maximum Gasteiger partial charge on any atom is 0.147 e. The molecule has 1 rings (SSSR count). The van der Waals surface area contributed by atoms with Crippen molar-refractivity contribution in [2.75, 3.05) is 18.6 Å². The van der Waals surface area contributed by atoms with Crippen molar-refractivity contribution in [2.24, 2.45) is 0 Å². The van der Waals surface area contributed by atoms with Gasteiger partial charge in [0.25, 0.3) is 0 Å². The second-order valence-corrected chi connectivity index (χ2v) is 7.96. The van der Waals surface area contributed by atoms with Gasteiger partial charge < -0.3 is 9.84 Å². The van der Waals surface area contributed by atoms with E-state index in [1.807, 2.05) is 6.92 Å². The quantitative estimate of drug-likeness (QED) is 0.731. The molecule has 0 amide bonds. The van der Waals surface area contributed by atoms with Crippen molar-refractivity contribution < 1.29 is 18.3 Å². The Morgan fingerprint density at radius 1 is 1.21 bits per heavy atom. The zero-order valence-corrected chi connectivity index (χ0v) is 13.0. The van der Waals surface area contributed by atoms with Gasteiger partial charge in [-0.3, -0.25) is 0 Å². The SMILES string of the molecule is CCOC1(C(O)CCCS(C)(=O)=O)CCCCCC1. The van der Waals surface area contributed by atoms with Crippen LogP contribution < -0.4 is 0 Å². The summed E-state index contributed by atoms with van der Waals surface area (Å²) in [5.74, 6) is 0.145. The first kappa shape index (κ1) is 16.9. The number of ether oxygens (including phenoxy) is 1. The third kappa shape index (κ3) is 5.79. The van der Waals surface area contributed by atoms with Crippen molar-refractivity contribution in [2.45, 2.75) is 70.0 Å². The lowest BCUT2D eigenvalue weighted by Crippen LogP contribution is -2.45. The Morgan fingerprint density at radius 2 is 1.79 bits per heavy atom. The molecule has 0 spiro atoms. The Hall–Kier alpha value is -0.130. The van der Waals surface area contributed by atoms with Gasteiger partial charge in [-0.25, -0.2) is 8.42 Å².